The Balaban J connectivity index is 2.62. The van der Waals surface area contributed by atoms with Crippen LogP contribution in [0, 0.1) is 6.92 Å². The molecule has 0 aliphatic carbocycles. The van der Waals surface area contributed by atoms with E-state index in [4.69, 9.17) is 11.5 Å². The summed E-state index contributed by atoms with van der Waals surface area (Å²) in [5.74, 6) is 0. The maximum Gasteiger partial charge on any atom is 0.0575 e. The van der Waals surface area contributed by atoms with Gasteiger partial charge in [0, 0.05) is 23.1 Å². The summed E-state index contributed by atoms with van der Waals surface area (Å²) in [6, 6.07) is 8.09. The average molecular weight is 189 g/mol. The highest BCUT2D eigenvalue weighted by Crippen LogP contribution is 2.24. The molecule has 0 amide bonds. The number of aryl methyl sites for hydroxylation is 1. The molecule has 0 unspecified atom stereocenters. The highest BCUT2D eigenvalue weighted by Gasteiger charge is 2.11. The Bertz CT molecular complexity index is 445. The molecule has 0 fully saturated rings. The summed E-state index contributed by atoms with van der Waals surface area (Å²) in [6.45, 7) is 2.54. The molecule has 14 heavy (non-hydrogen) atoms. The predicted octanol–water partition coefficient (Wildman–Crippen LogP) is 1.43. The van der Waals surface area contributed by atoms with E-state index in [1.165, 1.54) is 10.9 Å². The zero-order valence-corrected chi connectivity index (χ0v) is 8.25. The van der Waals surface area contributed by atoms with Crippen LogP contribution < -0.4 is 11.5 Å². The zero-order chi connectivity index (χ0) is 10.1. The van der Waals surface area contributed by atoms with Crippen molar-refractivity contribution >= 4 is 10.9 Å². The minimum absolute atomic E-state index is 0.0950. The van der Waals surface area contributed by atoms with Gasteiger partial charge >= 0.3 is 0 Å². The molecule has 3 heteroatoms. The molecule has 0 aliphatic heterocycles. The van der Waals surface area contributed by atoms with Gasteiger partial charge in [0.25, 0.3) is 0 Å². The van der Waals surface area contributed by atoms with Crippen LogP contribution in [0.4, 0.5) is 0 Å². The number of nitrogens with two attached hydrogens (primary N) is 2. The number of H-pyrrole nitrogens is 1. The second-order valence-electron chi connectivity index (χ2n) is 3.55. The van der Waals surface area contributed by atoms with Crippen LogP contribution in [0.2, 0.25) is 0 Å². The third-order valence-corrected chi connectivity index (χ3v) is 2.63. The molecule has 5 N–H and O–H groups in total. The highest BCUT2D eigenvalue weighted by atomic mass is 14.8. The van der Waals surface area contributed by atoms with Gasteiger partial charge in [0.1, 0.15) is 0 Å². The molecule has 0 radical (unpaired) electrons. The minimum Gasteiger partial charge on any atom is -0.357 e. The first-order valence-corrected chi connectivity index (χ1v) is 4.77. The Morgan fingerprint density at radius 3 is 2.71 bits per heavy atom. The van der Waals surface area contributed by atoms with Gasteiger partial charge in [0.2, 0.25) is 0 Å². The summed E-state index contributed by atoms with van der Waals surface area (Å²) < 4.78 is 0. The van der Waals surface area contributed by atoms with Crippen LogP contribution in [0.25, 0.3) is 10.9 Å². The number of nitrogens with one attached hydrogen (secondary N) is 1. The lowest BCUT2D eigenvalue weighted by Crippen LogP contribution is -2.21. The fourth-order valence-corrected chi connectivity index (χ4v) is 1.79. The highest BCUT2D eigenvalue weighted by molar-refractivity contribution is 5.84. The van der Waals surface area contributed by atoms with Gasteiger partial charge < -0.3 is 16.5 Å². The largest absolute Gasteiger partial charge is 0.357 e. The molecular formula is C11H15N3. The summed E-state index contributed by atoms with van der Waals surface area (Å²) in [5, 5.41) is 1.23. The molecule has 74 valence electrons. The number of aromatic amines is 1. The number of hydrogen-bond acceptors (Lipinski definition) is 2. The summed E-state index contributed by atoms with van der Waals surface area (Å²) in [7, 11) is 0. The molecule has 1 aromatic carbocycles. The zero-order valence-electron chi connectivity index (χ0n) is 8.25. The van der Waals surface area contributed by atoms with Crippen molar-refractivity contribution in [3.05, 3.63) is 35.5 Å². The Morgan fingerprint density at radius 2 is 2.07 bits per heavy atom. The standard InChI is InChI=1S/C11H15N3/c1-7-8-4-2-3-5-10(8)14-11(7)9(13)6-12/h2-5,9,14H,6,12-13H2,1H3/t9-/m1/s1. The van der Waals surface area contributed by atoms with Crippen molar-refractivity contribution in [2.75, 3.05) is 6.54 Å². The molecule has 2 rings (SSSR count). The van der Waals surface area contributed by atoms with Crippen molar-refractivity contribution in [1.29, 1.82) is 0 Å². The van der Waals surface area contributed by atoms with E-state index in [0.29, 0.717) is 6.54 Å². The van der Waals surface area contributed by atoms with Crippen LogP contribution in [-0.2, 0) is 0 Å². The van der Waals surface area contributed by atoms with E-state index in [9.17, 15) is 0 Å². The second kappa shape index (κ2) is 3.44. The van der Waals surface area contributed by atoms with E-state index >= 15 is 0 Å². The SMILES string of the molecule is Cc1c([C@H](N)CN)[nH]c2ccccc12. The number of benzene rings is 1. The van der Waals surface area contributed by atoms with Crippen molar-refractivity contribution < 1.29 is 0 Å². The number of rotatable bonds is 2. The van der Waals surface area contributed by atoms with E-state index in [2.05, 4.69) is 24.0 Å². The molecule has 3 nitrogen and oxygen atoms in total. The van der Waals surface area contributed by atoms with Gasteiger partial charge in [-0.25, -0.2) is 0 Å². The molecule has 0 bridgehead atoms. The van der Waals surface area contributed by atoms with Crippen LogP contribution in [0.3, 0.4) is 0 Å². The third kappa shape index (κ3) is 1.31. The monoisotopic (exact) mass is 189 g/mol. The van der Waals surface area contributed by atoms with Gasteiger partial charge in [0.05, 0.1) is 6.04 Å². The first kappa shape index (κ1) is 9.24. The van der Waals surface area contributed by atoms with Crippen LogP contribution in [0.5, 0.6) is 0 Å². The van der Waals surface area contributed by atoms with E-state index in [0.717, 1.165) is 11.2 Å². The van der Waals surface area contributed by atoms with Gasteiger partial charge in [0.15, 0.2) is 0 Å². The van der Waals surface area contributed by atoms with Crippen molar-refractivity contribution in [3.63, 3.8) is 0 Å². The van der Waals surface area contributed by atoms with E-state index in [-0.39, 0.29) is 6.04 Å². The van der Waals surface area contributed by atoms with Crippen LogP contribution in [0.15, 0.2) is 24.3 Å². The Hall–Kier alpha value is -1.32. The smallest absolute Gasteiger partial charge is 0.0575 e. The van der Waals surface area contributed by atoms with Crippen molar-refractivity contribution in [2.45, 2.75) is 13.0 Å². The fraction of sp³-hybridized carbons (Fsp3) is 0.273. The second-order valence-corrected chi connectivity index (χ2v) is 3.55. The van der Waals surface area contributed by atoms with Crippen molar-refractivity contribution in [2.24, 2.45) is 11.5 Å². The summed E-state index contributed by atoms with van der Waals surface area (Å²) in [4.78, 5) is 3.31. The first-order chi connectivity index (χ1) is 6.74. The normalized spacial score (nSPS) is 13.4. The summed E-state index contributed by atoms with van der Waals surface area (Å²) in [6.07, 6.45) is 0. The van der Waals surface area contributed by atoms with E-state index in [1.54, 1.807) is 0 Å². The Morgan fingerprint density at radius 1 is 1.36 bits per heavy atom. The molecule has 0 aliphatic rings. The lowest BCUT2D eigenvalue weighted by Gasteiger charge is -2.07. The van der Waals surface area contributed by atoms with Gasteiger partial charge in [-0.3, -0.25) is 0 Å². The molecule has 2 aromatic rings. The van der Waals surface area contributed by atoms with E-state index in [1.807, 2.05) is 12.1 Å². The van der Waals surface area contributed by atoms with Crippen LogP contribution in [-0.4, -0.2) is 11.5 Å². The molecule has 1 aromatic heterocycles. The predicted molar refractivity (Wildman–Crippen MR) is 59.0 cm³/mol. The Kier molecular flexibility index (Phi) is 2.27. The van der Waals surface area contributed by atoms with Gasteiger partial charge in [-0.1, -0.05) is 18.2 Å². The fourth-order valence-electron chi connectivity index (χ4n) is 1.79. The topological polar surface area (TPSA) is 67.8 Å². The van der Waals surface area contributed by atoms with Crippen molar-refractivity contribution in [1.82, 2.24) is 4.98 Å². The molecule has 0 saturated heterocycles. The lowest BCUT2D eigenvalue weighted by molar-refractivity contribution is 0.713. The molecular weight excluding hydrogens is 174 g/mol. The minimum atomic E-state index is -0.0950. The van der Waals surface area contributed by atoms with Crippen LogP contribution >= 0.6 is 0 Å². The maximum absolute atomic E-state index is 5.90. The summed E-state index contributed by atoms with van der Waals surface area (Å²) >= 11 is 0. The summed E-state index contributed by atoms with van der Waals surface area (Å²) in [5.41, 5.74) is 14.8. The van der Waals surface area contributed by atoms with Gasteiger partial charge in [-0.2, -0.15) is 0 Å². The molecule has 0 saturated carbocycles. The van der Waals surface area contributed by atoms with Crippen molar-refractivity contribution in [3.8, 4) is 0 Å². The maximum atomic E-state index is 5.90. The molecule has 0 spiro atoms. The van der Waals surface area contributed by atoms with Crippen LogP contribution in [0.1, 0.15) is 17.3 Å². The number of fused-ring (bicyclic) bond motifs is 1. The lowest BCUT2D eigenvalue weighted by atomic mass is 10.1. The number of aromatic nitrogens is 1. The van der Waals surface area contributed by atoms with Gasteiger partial charge in [-0.15, -0.1) is 0 Å². The van der Waals surface area contributed by atoms with E-state index < -0.39 is 0 Å². The molecule has 1 heterocycles. The number of hydrogen-bond donors (Lipinski definition) is 3. The quantitative estimate of drug-likeness (QED) is 0.669. The third-order valence-electron chi connectivity index (χ3n) is 2.63. The Labute approximate surface area is 83.1 Å². The number of para-hydroxylation sites is 1. The first-order valence-electron chi connectivity index (χ1n) is 4.77. The van der Waals surface area contributed by atoms with Gasteiger partial charge in [-0.05, 0) is 18.6 Å². The average Bonchev–Trinajstić information content (AvgIpc) is 2.56. The molecule has 1 atom stereocenters.